The van der Waals surface area contributed by atoms with Gasteiger partial charge < -0.3 is 4.57 Å². The number of alkyl halides is 1. The number of aryl methyl sites for hydroxylation is 1. The summed E-state index contributed by atoms with van der Waals surface area (Å²) < 4.78 is 28.8. The Labute approximate surface area is 126 Å². The van der Waals surface area contributed by atoms with Gasteiger partial charge in [0.15, 0.2) is 0 Å². The largest absolute Gasteiger partial charge is 0.319 e. The Kier molecular flexibility index (Phi) is 4.56. The van der Waals surface area contributed by atoms with E-state index in [1.54, 1.807) is 42.8 Å². The predicted octanol–water partition coefficient (Wildman–Crippen LogP) is 1.75. The third-order valence-corrected chi connectivity index (χ3v) is 5.06. The highest BCUT2D eigenvalue weighted by Crippen LogP contribution is 2.16. The van der Waals surface area contributed by atoms with Crippen LogP contribution in [-0.2, 0) is 22.4 Å². The molecule has 0 aliphatic heterocycles. The summed E-state index contributed by atoms with van der Waals surface area (Å²) in [6.07, 6.45) is 1.53. The SMILES string of the molecule is CC(NS(=O)(=O)c1ccc(CBr)cc1)c1nncn1C. The number of rotatable bonds is 5. The lowest BCUT2D eigenvalue weighted by molar-refractivity contribution is 0.553. The molecule has 0 aliphatic carbocycles. The molecule has 0 bridgehead atoms. The summed E-state index contributed by atoms with van der Waals surface area (Å²) in [5.41, 5.74) is 1.02. The van der Waals surface area contributed by atoms with Gasteiger partial charge in [0.05, 0.1) is 10.9 Å². The van der Waals surface area contributed by atoms with Crippen molar-refractivity contribution in [1.82, 2.24) is 19.5 Å². The van der Waals surface area contributed by atoms with Crippen LogP contribution in [0.4, 0.5) is 0 Å². The zero-order chi connectivity index (χ0) is 14.8. The standard InChI is InChI=1S/C12H15BrN4O2S/c1-9(12-15-14-8-17(12)2)16-20(18,19)11-5-3-10(7-13)4-6-11/h3-6,8-9,16H,7H2,1-2H3. The Morgan fingerprint density at radius 3 is 2.50 bits per heavy atom. The molecule has 0 amide bonds. The van der Waals surface area contributed by atoms with E-state index in [4.69, 9.17) is 0 Å². The Bertz CT molecular complexity index is 682. The molecule has 8 heteroatoms. The molecule has 0 aliphatic rings. The zero-order valence-electron chi connectivity index (χ0n) is 11.1. The molecule has 2 rings (SSSR count). The van der Waals surface area contributed by atoms with Crippen LogP contribution in [0.5, 0.6) is 0 Å². The molecule has 1 N–H and O–H groups in total. The quantitative estimate of drug-likeness (QED) is 0.826. The second-order valence-corrected chi connectivity index (χ2v) is 6.70. The van der Waals surface area contributed by atoms with Crippen LogP contribution in [0.15, 0.2) is 35.5 Å². The van der Waals surface area contributed by atoms with E-state index in [9.17, 15) is 8.42 Å². The van der Waals surface area contributed by atoms with Crippen molar-refractivity contribution < 1.29 is 8.42 Å². The molecule has 2 aromatic rings. The van der Waals surface area contributed by atoms with Crippen LogP contribution in [0, 0.1) is 0 Å². The predicted molar refractivity (Wildman–Crippen MR) is 78.8 cm³/mol. The summed E-state index contributed by atoms with van der Waals surface area (Å²) in [7, 11) is -1.80. The van der Waals surface area contributed by atoms with Crippen molar-refractivity contribution in [1.29, 1.82) is 0 Å². The van der Waals surface area contributed by atoms with Crippen LogP contribution < -0.4 is 4.72 Å². The summed E-state index contributed by atoms with van der Waals surface area (Å²) in [4.78, 5) is 0.233. The first-order valence-electron chi connectivity index (χ1n) is 5.95. The van der Waals surface area contributed by atoms with Crippen LogP contribution in [0.25, 0.3) is 0 Å². The van der Waals surface area contributed by atoms with Gasteiger partial charge in [-0.25, -0.2) is 13.1 Å². The molecule has 20 heavy (non-hydrogen) atoms. The van der Waals surface area contributed by atoms with Crippen molar-refractivity contribution in [2.24, 2.45) is 7.05 Å². The number of hydrogen-bond acceptors (Lipinski definition) is 4. The van der Waals surface area contributed by atoms with Crippen molar-refractivity contribution in [3.8, 4) is 0 Å². The number of benzene rings is 1. The van der Waals surface area contributed by atoms with E-state index >= 15 is 0 Å². The Morgan fingerprint density at radius 2 is 2.00 bits per heavy atom. The van der Waals surface area contributed by atoms with Gasteiger partial charge in [-0.15, -0.1) is 10.2 Å². The van der Waals surface area contributed by atoms with Gasteiger partial charge in [0.2, 0.25) is 10.0 Å². The second kappa shape index (κ2) is 6.02. The molecular formula is C12H15BrN4O2S. The minimum atomic E-state index is -3.57. The van der Waals surface area contributed by atoms with Gasteiger partial charge in [0, 0.05) is 12.4 Å². The lowest BCUT2D eigenvalue weighted by Crippen LogP contribution is -2.28. The molecular weight excluding hydrogens is 344 g/mol. The van der Waals surface area contributed by atoms with E-state index < -0.39 is 16.1 Å². The molecule has 0 spiro atoms. The van der Waals surface area contributed by atoms with Gasteiger partial charge in [0.1, 0.15) is 12.2 Å². The summed E-state index contributed by atoms with van der Waals surface area (Å²) in [5.74, 6) is 0.561. The summed E-state index contributed by atoms with van der Waals surface area (Å²) >= 11 is 3.32. The number of nitrogens with one attached hydrogen (secondary N) is 1. The highest BCUT2D eigenvalue weighted by atomic mass is 79.9. The number of halogens is 1. The van der Waals surface area contributed by atoms with Gasteiger partial charge in [-0.05, 0) is 24.6 Å². The van der Waals surface area contributed by atoms with Crippen LogP contribution in [-0.4, -0.2) is 23.2 Å². The van der Waals surface area contributed by atoms with Crippen LogP contribution in [0.2, 0.25) is 0 Å². The minimum Gasteiger partial charge on any atom is -0.319 e. The van der Waals surface area contributed by atoms with E-state index in [0.29, 0.717) is 11.2 Å². The minimum absolute atomic E-state index is 0.233. The van der Waals surface area contributed by atoms with E-state index in [1.807, 2.05) is 0 Å². The van der Waals surface area contributed by atoms with Gasteiger partial charge in [0.25, 0.3) is 0 Å². The van der Waals surface area contributed by atoms with Gasteiger partial charge in [-0.1, -0.05) is 28.1 Å². The number of hydrogen-bond donors (Lipinski definition) is 1. The fraction of sp³-hybridized carbons (Fsp3) is 0.333. The average Bonchev–Trinajstić information content (AvgIpc) is 2.84. The van der Waals surface area contributed by atoms with E-state index in [1.165, 1.54) is 6.33 Å². The Morgan fingerprint density at radius 1 is 1.35 bits per heavy atom. The molecule has 0 radical (unpaired) electrons. The fourth-order valence-electron chi connectivity index (χ4n) is 1.80. The van der Waals surface area contributed by atoms with Gasteiger partial charge in [-0.3, -0.25) is 0 Å². The van der Waals surface area contributed by atoms with Crippen LogP contribution >= 0.6 is 15.9 Å². The Hall–Kier alpha value is -1.25. The van der Waals surface area contributed by atoms with E-state index in [-0.39, 0.29) is 4.90 Å². The third kappa shape index (κ3) is 3.25. The molecule has 6 nitrogen and oxygen atoms in total. The number of nitrogens with zero attached hydrogens (tertiary/aromatic N) is 3. The second-order valence-electron chi connectivity index (χ2n) is 4.42. The molecule has 1 unspecified atom stereocenters. The van der Waals surface area contributed by atoms with Crippen molar-refractivity contribution in [2.75, 3.05) is 0 Å². The maximum Gasteiger partial charge on any atom is 0.241 e. The summed E-state index contributed by atoms with van der Waals surface area (Å²) in [6, 6.07) is 6.26. The van der Waals surface area contributed by atoms with Gasteiger partial charge in [-0.2, -0.15) is 0 Å². The fourth-order valence-corrected chi connectivity index (χ4v) is 3.37. The highest BCUT2D eigenvalue weighted by molar-refractivity contribution is 9.08. The molecule has 1 heterocycles. The topological polar surface area (TPSA) is 76.9 Å². The molecule has 1 aromatic heterocycles. The monoisotopic (exact) mass is 358 g/mol. The van der Waals surface area contributed by atoms with E-state index in [0.717, 1.165) is 5.56 Å². The van der Waals surface area contributed by atoms with Crippen LogP contribution in [0.3, 0.4) is 0 Å². The zero-order valence-corrected chi connectivity index (χ0v) is 13.5. The maximum absolute atomic E-state index is 12.3. The smallest absolute Gasteiger partial charge is 0.241 e. The molecule has 1 atom stereocenters. The van der Waals surface area contributed by atoms with Crippen molar-refractivity contribution in [2.45, 2.75) is 23.2 Å². The molecule has 0 saturated carbocycles. The first-order valence-corrected chi connectivity index (χ1v) is 8.55. The average molecular weight is 359 g/mol. The molecule has 108 valence electrons. The molecule has 1 aromatic carbocycles. The maximum atomic E-state index is 12.3. The van der Waals surface area contributed by atoms with Gasteiger partial charge >= 0.3 is 0 Å². The molecule has 0 saturated heterocycles. The third-order valence-electron chi connectivity index (χ3n) is 2.85. The Balaban J connectivity index is 2.20. The van der Waals surface area contributed by atoms with Crippen molar-refractivity contribution in [3.05, 3.63) is 42.0 Å². The normalized spacial score (nSPS) is 13.3. The van der Waals surface area contributed by atoms with E-state index in [2.05, 4.69) is 30.8 Å². The lowest BCUT2D eigenvalue weighted by Gasteiger charge is -2.13. The molecule has 0 fully saturated rings. The summed E-state index contributed by atoms with van der Waals surface area (Å²) in [5, 5.41) is 8.33. The lowest BCUT2D eigenvalue weighted by atomic mass is 10.2. The van der Waals surface area contributed by atoms with Crippen molar-refractivity contribution >= 4 is 26.0 Å². The first-order chi connectivity index (χ1) is 9.44. The summed E-state index contributed by atoms with van der Waals surface area (Å²) in [6.45, 7) is 1.73. The number of aromatic nitrogens is 3. The first kappa shape index (κ1) is 15.1. The number of sulfonamides is 1. The highest BCUT2D eigenvalue weighted by Gasteiger charge is 2.20. The van der Waals surface area contributed by atoms with Crippen LogP contribution in [0.1, 0.15) is 24.4 Å². The van der Waals surface area contributed by atoms with Crippen molar-refractivity contribution in [3.63, 3.8) is 0 Å².